The van der Waals surface area contributed by atoms with Crippen LogP contribution in [0.4, 0.5) is 0 Å². The summed E-state index contributed by atoms with van der Waals surface area (Å²) in [6.45, 7) is 3.34. The van der Waals surface area contributed by atoms with Gasteiger partial charge >= 0.3 is 19.8 Å². The fraction of sp³-hybridized carbons (Fsp3) is 0.634. The lowest BCUT2D eigenvalue weighted by molar-refractivity contribution is -0.161. The highest BCUT2D eigenvalue weighted by Gasteiger charge is 2.25. The van der Waals surface area contributed by atoms with Crippen LogP contribution in [0.15, 0.2) is 72.9 Å². The van der Waals surface area contributed by atoms with Crippen LogP contribution in [-0.2, 0) is 37.5 Å². The lowest BCUT2D eigenvalue weighted by Gasteiger charge is -2.19. The molecule has 1 unspecified atom stereocenters. The topological polar surface area (TPSA) is 151 Å². The second kappa shape index (κ2) is 36.5. The lowest BCUT2D eigenvalue weighted by Crippen LogP contribution is -2.29. The van der Waals surface area contributed by atoms with E-state index in [4.69, 9.17) is 24.3 Å². The molecule has 0 fully saturated rings. The predicted octanol–water partition coefficient (Wildman–Crippen LogP) is 9.89. The minimum atomic E-state index is -4.42. The number of phosphoric acid groups is 1. The minimum absolute atomic E-state index is 0.0242. The number of esters is 2. The van der Waals surface area contributed by atoms with E-state index in [1.807, 2.05) is 6.08 Å². The maximum absolute atomic E-state index is 12.5. The highest BCUT2D eigenvalue weighted by atomic mass is 31.2. The molecule has 296 valence electrons. The number of allylic oxidation sites excluding steroid dienone is 12. The van der Waals surface area contributed by atoms with Gasteiger partial charge in [0.1, 0.15) is 6.61 Å². The van der Waals surface area contributed by atoms with Crippen molar-refractivity contribution in [2.45, 2.75) is 142 Å². The molecule has 0 amide bonds. The highest BCUT2D eigenvalue weighted by Crippen LogP contribution is 2.43. The average molecular weight is 750 g/mol. The van der Waals surface area contributed by atoms with Gasteiger partial charge in [-0.1, -0.05) is 113 Å². The standard InChI is InChI=1S/C41H68NO9P/c1-3-5-7-9-11-12-13-14-15-16-17-18-20-24-28-32-40(44)48-36-39(37-50-52(46,47)49-35-34-42)51-41(45)33-29-25-21-23-27-31-38(43)30-26-22-19-10-8-6-4-2/h5,7,11-12,14-15,17-19,22,26,30,39H,3-4,6,8-10,13,16,20-21,23-25,27-29,31-37,42H2,1-2H3,(H,46,47)/b7-5-,12-11-,15-14-,18-17-,22-19-,30-26+/t39-/m1/s1. The molecule has 0 saturated heterocycles. The highest BCUT2D eigenvalue weighted by molar-refractivity contribution is 7.47. The van der Waals surface area contributed by atoms with Crippen LogP contribution >= 0.6 is 7.82 Å². The van der Waals surface area contributed by atoms with Crippen molar-refractivity contribution in [3.63, 3.8) is 0 Å². The Morgan fingerprint density at radius 2 is 1.23 bits per heavy atom. The van der Waals surface area contributed by atoms with Crippen LogP contribution in [0, 0.1) is 0 Å². The maximum Gasteiger partial charge on any atom is 0.472 e. The van der Waals surface area contributed by atoms with E-state index in [0.29, 0.717) is 19.3 Å². The number of ether oxygens (including phenoxy) is 2. The van der Waals surface area contributed by atoms with E-state index in [1.54, 1.807) is 12.2 Å². The van der Waals surface area contributed by atoms with Crippen molar-refractivity contribution in [3.8, 4) is 0 Å². The zero-order valence-corrected chi connectivity index (χ0v) is 32.9. The van der Waals surface area contributed by atoms with Crippen LogP contribution in [-0.4, -0.2) is 55.1 Å². The Hall–Kier alpha value is -2.88. The van der Waals surface area contributed by atoms with Gasteiger partial charge in [0.25, 0.3) is 0 Å². The molecular formula is C41H68NO9P. The van der Waals surface area contributed by atoms with Crippen molar-refractivity contribution in [3.05, 3.63) is 72.9 Å². The fourth-order valence-corrected chi connectivity index (χ4v) is 5.43. The van der Waals surface area contributed by atoms with Crippen LogP contribution < -0.4 is 5.73 Å². The van der Waals surface area contributed by atoms with Gasteiger partial charge in [-0.3, -0.25) is 23.4 Å². The van der Waals surface area contributed by atoms with Crippen LogP contribution in [0.25, 0.3) is 0 Å². The van der Waals surface area contributed by atoms with E-state index in [-0.39, 0.29) is 38.4 Å². The lowest BCUT2D eigenvalue weighted by atomic mass is 10.1. The molecule has 52 heavy (non-hydrogen) atoms. The van der Waals surface area contributed by atoms with Crippen LogP contribution in [0.3, 0.4) is 0 Å². The van der Waals surface area contributed by atoms with Crippen LogP contribution in [0.1, 0.15) is 136 Å². The maximum atomic E-state index is 12.5. The monoisotopic (exact) mass is 749 g/mol. The summed E-state index contributed by atoms with van der Waals surface area (Å²) >= 11 is 0. The van der Waals surface area contributed by atoms with Crippen molar-refractivity contribution in [2.75, 3.05) is 26.4 Å². The molecule has 2 atom stereocenters. The number of unbranched alkanes of at least 4 members (excludes halogenated alkanes) is 9. The van der Waals surface area contributed by atoms with Gasteiger partial charge in [-0.05, 0) is 76.7 Å². The average Bonchev–Trinajstić information content (AvgIpc) is 3.12. The number of phosphoric ester groups is 1. The third kappa shape index (κ3) is 35.5. The van der Waals surface area contributed by atoms with E-state index in [9.17, 15) is 23.8 Å². The molecule has 0 aromatic heterocycles. The van der Waals surface area contributed by atoms with E-state index in [1.165, 1.54) is 19.3 Å². The Balaban J connectivity index is 4.40. The molecule has 0 aliphatic rings. The Morgan fingerprint density at radius 1 is 0.654 bits per heavy atom. The zero-order valence-electron chi connectivity index (χ0n) is 32.0. The second-order valence-corrected chi connectivity index (χ2v) is 13.9. The zero-order chi connectivity index (χ0) is 38.4. The Morgan fingerprint density at radius 3 is 1.90 bits per heavy atom. The first-order valence-electron chi connectivity index (χ1n) is 19.4. The van der Waals surface area contributed by atoms with E-state index in [2.05, 4.69) is 68.5 Å². The summed E-state index contributed by atoms with van der Waals surface area (Å²) in [6.07, 6.45) is 39.0. The fourth-order valence-electron chi connectivity index (χ4n) is 4.66. The first-order valence-corrected chi connectivity index (χ1v) is 20.9. The molecule has 11 heteroatoms. The number of hydrogen-bond acceptors (Lipinski definition) is 9. The Bertz CT molecular complexity index is 1140. The summed E-state index contributed by atoms with van der Waals surface area (Å²) in [6, 6.07) is 0. The smallest absolute Gasteiger partial charge is 0.462 e. The molecule has 0 aliphatic heterocycles. The molecule has 0 aromatic carbocycles. The van der Waals surface area contributed by atoms with Gasteiger partial charge < -0.3 is 20.1 Å². The van der Waals surface area contributed by atoms with Crippen LogP contribution in [0.2, 0.25) is 0 Å². The van der Waals surface area contributed by atoms with E-state index in [0.717, 1.165) is 70.6 Å². The SMILES string of the molecule is CC/C=C\C/C=C\C/C=C\C/C=C\CCCCC(=O)OC[C@H](COP(=O)(O)OCCN)OC(=O)CCCCCCCC(=O)/C=C/C=C\CCCCC. The normalized spacial score (nSPS) is 14.1. The summed E-state index contributed by atoms with van der Waals surface area (Å²) in [7, 11) is -4.42. The first-order chi connectivity index (χ1) is 25.2. The van der Waals surface area contributed by atoms with Crippen molar-refractivity contribution < 1.29 is 42.4 Å². The number of hydrogen-bond donors (Lipinski definition) is 2. The van der Waals surface area contributed by atoms with Crippen LogP contribution in [0.5, 0.6) is 0 Å². The van der Waals surface area contributed by atoms with Gasteiger partial charge in [0.2, 0.25) is 0 Å². The molecule has 0 aliphatic carbocycles. The molecule has 10 nitrogen and oxygen atoms in total. The third-order valence-electron chi connectivity index (χ3n) is 7.55. The van der Waals surface area contributed by atoms with Gasteiger partial charge in [-0.25, -0.2) is 4.57 Å². The summed E-state index contributed by atoms with van der Waals surface area (Å²) in [5, 5.41) is 0. The molecule has 0 bridgehead atoms. The van der Waals surface area contributed by atoms with Gasteiger partial charge in [0.15, 0.2) is 11.9 Å². The van der Waals surface area contributed by atoms with Gasteiger partial charge in [0.05, 0.1) is 13.2 Å². The molecule has 0 rings (SSSR count). The van der Waals surface area contributed by atoms with Crippen molar-refractivity contribution in [1.29, 1.82) is 0 Å². The van der Waals surface area contributed by atoms with Crippen molar-refractivity contribution >= 4 is 25.5 Å². The molecule has 0 saturated carbocycles. The summed E-state index contributed by atoms with van der Waals surface area (Å²) < 4.78 is 32.5. The summed E-state index contributed by atoms with van der Waals surface area (Å²) in [5.41, 5.74) is 5.32. The first kappa shape index (κ1) is 49.1. The van der Waals surface area contributed by atoms with E-state index < -0.39 is 32.5 Å². The van der Waals surface area contributed by atoms with Crippen molar-refractivity contribution in [2.24, 2.45) is 5.73 Å². The molecular weight excluding hydrogens is 681 g/mol. The Labute approximate surface area is 314 Å². The summed E-state index contributed by atoms with van der Waals surface area (Å²) in [4.78, 5) is 46.7. The third-order valence-corrected chi connectivity index (χ3v) is 8.54. The molecule has 0 aromatic rings. The van der Waals surface area contributed by atoms with Gasteiger partial charge in [0, 0.05) is 25.8 Å². The van der Waals surface area contributed by atoms with Gasteiger partial charge in [-0.2, -0.15) is 0 Å². The molecule has 0 spiro atoms. The predicted molar refractivity (Wildman–Crippen MR) is 211 cm³/mol. The molecule has 0 radical (unpaired) electrons. The number of nitrogens with two attached hydrogens (primary N) is 1. The number of carbonyl (C=O) groups is 3. The number of ketones is 1. The van der Waals surface area contributed by atoms with E-state index >= 15 is 0 Å². The second-order valence-electron chi connectivity index (χ2n) is 12.4. The number of carbonyl (C=O) groups excluding carboxylic acids is 3. The quantitative estimate of drug-likeness (QED) is 0.0160. The minimum Gasteiger partial charge on any atom is -0.462 e. The van der Waals surface area contributed by atoms with Crippen molar-refractivity contribution in [1.82, 2.24) is 0 Å². The molecule has 3 N–H and O–H groups in total. The van der Waals surface area contributed by atoms with Gasteiger partial charge in [-0.15, -0.1) is 0 Å². The summed E-state index contributed by atoms with van der Waals surface area (Å²) in [5.74, 6) is -0.870. The Kier molecular flexibility index (Phi) is 34.5. The molecule has 0 heterocycles. The largest absolute Gasteiger partial charge is 0.472 e. The number of rotatable bonds is 35.